The van der Waals surface area contributed by atoms with Gasteiger partial charge in [-0.1, -0.05) is 42.5 Å². The fourth-order valence-electron chi connectivity index (χ4n) is 2.62. The number of carbonyl (C=O) groups is 2. The first kappa shape index (κ1) is 18.5. The average Bonchev–Trinajstić information content (AvgIpc) is 2.65. The molecule has 25 heavy (non-hydrogen) atoms. The maximum Gasteiger partial charge on any atom is 0.303 e. The molecule has 0 saturated heterocycles. The lowest BCUT2D eigenvalue weighted by molar-refractivity contribution is -0.137. The molecule has 2 aromatic rings. The molecular weight excluding hydrogens is 318 g/mol. The molecule has 1 amide bonds. The highest BCUT2D eigenvalue weighted by molar-refractivity contribution is 5.83. The van der Waals surface area contributed by atoms with Crippen LogP contribution in [0.2, 0.25) is 0 Å². The zero-order valence-corrected chi connectivity index (χ0v) is 14.4. The van der Waals surface area contributed by atoms with Crippen molar-refractivity contribution in [2.75, 3.05) is 7.11 Å². The number of carboxylic acid groups (broad SMARTS) is 1. The topological polar surface area (TPSA) is 75.6 Å². The first-order valence-corrected chi connectivity index (χ1v) is 8.22. The van der Waals surface area contributed by atoms with E-state index in [4.69, 9.17) is 9.84 Å². The van der Waals surface area contributed by atoms with Crippen molar-refractivity contribution in [1.82, 2.24) is 5.32 Å². The van der Waals surface area contributed by atoms with E-state index in [1.165, 1.54) is 0 Å². The molecule has 5 heteroatoms. The van der Waals surface area contributed by atoms with Gasteiger partial charge >= 0.3 is 5.97 Å². The minimum atomic E-state index is -0.876. The van der Waals surface area contributed by atoms with Gasteiger partial charge in [0.15, 0.2) is 0 Å². The molecule has 5 nitrogen and oxygen atoms in total. The van der Waals surface area contributed by atoms with Crippen molar-refractivity contribution >= 4 is 11.9 Å². The lowest BCUT2D eigenvalue weighted by atomic mass is 9.97. The highest BCUT2D eigenvalue weighted by Gasteiger charge is 2.21. The summed E-state index contributed by atoms with van der Waals surface area (Å²) in [7, 11) is 1.60. The summed E-state index contributed by atoms with van der Waals surface area (Å²) in [4.78, 5) is 23.5. The second-order valence-electron chi connectivity index (χ2n) is 5.90. The first-order valence-electron chi connectivity index (χ1n) is 8.22. The van der Waals surface area contributed by atoms with Crippen LogP contribution in [0.25, 0.3) is 0 Å². The summed E-state index contributed by atoms with van der Waals surface area (Å²) < 4.78 is 5.13. The molecule has 0 bridgehead atoms. The third-order valence-electron chi connectivity index (χ3n) is 4.17. The van der Waals surface area contributed by atoms with E-state index in [1.807, 2.05) is 61.5 Å². The fourth-order valence-corrected chi connectivity index (χ4v) is 2.62. The van der Waals surface area contributed by atoms with Crippen LogP contribution < -0.4 is 10.1 Å². The van der Waals surface area contributed by atoms with Crippen molar-refractivity contribution < 1.29 is 19.4 Å². The molecule has 132 valence electrons. The SMILES string of the molecule is COc1ccc(C(C)C(=O)NC(CCC(=O)O)c2ccccc2)cc1. The van der Waals surface area contributed by atoms with E-state index in [2.05, 4.69) is 5.32 Å². The largest absolute Gasteiger partial charge is 0.497 e. The molecule has 2 aromatic carbocycles. The van der Waals surface area contributed by atoms with Gasteiger partial charge in [0.25, 0.3) is 0 Å². The van der Waals surface area contributed by atoms with Gasteiger partial charge in [-0.25, -0.2) is 0 Å². The van der Waals surface area contributed by atoms with Gasteiger partial charge in [0, 0.05) is 6.42 Å². The van der Waals surface area contributed by atoms with E-state index in [0.29, 0.717) is 6.42 Å². The average molecular weight is 341 g/mol. The molecule has 0 saturated carbocycles. The molecule has 2 N–H and O–H groups in total. The van der Waals surface area contributed by atoms with Crippen LogP contribution in [0.3, 0.4) is 0 Å². The summed E-state index contributed by atoms with van der Waals surface area (Å²) in [5.41, 5.74) is 1.78. The predicted molar refractivity (Wildman–Crippen MR) is 95.6 cm³/mol. The second-order valence-corrected chi connectivity index (χ2v) is 5.90. The number of ether oxygens (including phenoxy) is 1. The van der Waals surface area contributed by atoms with Crippen molar-refractivity contribution in [3.63, 3.8) is 0 Å². The Kier molecular flexibility index (Phi) is 6.57. The van der Waals surface area contributed by atoms with E-state index in [9.17, 15) is 9.59 Å². The molecule has 0 spiro atoms. The Bertz CT molecular complexity index is 697. The standard InChI is InChI=1S/C20H23NO4/c1-14(15-8-10-17(25-2)11-9-15)20(24)21-18(12-13-19(22)23)16-6-4-3-5-7-16/h3-11,14,18H,12-13H2,1-2H3,(H,21,24)(H,22,23). The summed E-state index contributed by atoms with van der Waals surface area (Å²) in [6, 6.07) is 16.5. The highest BCUT2D eigenvalue weighted by atomic mass is 16.5. The van der Waals surface area contributed by atoms with Gasteiger partial charge in [0.05, 0.1) is 19.1 Å². The lowest BCUT2D eigenvalue weighted by Crippen LogP contribution is -2.32. The molecule has 0 heterocycles. The Labute approximate surface area is 147 Å². The van der Waals surface area contributed by atoms with Crippen molar-refractivity contribution in [2.45, 2.75) is 31.7 Å². The number of carbonyl (C=O) groups excluding carboxylic acids is 1. The third-order valence-corrected chi connectivity index (χ3v) is 4.17. The van der Waals surface area contributed by atoms with Crippen LogP contribution in [-0.2, 0) is 9.59 Å². The summed E-state index contributed by atoms with van der Waals surface area (Å²) >= 11 is 0. The third kappa shape index (κ3) is 5.35. The van der Waals surface area contributed by atoms with Crippen LogP contribution in [0.15, 0.2) is 54.6 Å². The monoisotopic (exact) mass is 341 g/mol. The summed E-state index contributed by atoms with van der Waals surface area (Å²) in [6.07, 6.45) is 0.344. The highest BCUT2D eigenvalue weighted by Crippen LogP contribution is 2.23. The number of rotatable bonds is 8. The minimum Gasteiger partial charge on any atom is -0.497 e. The normalized spacial score (nSPS) is 12.9. The van der Waals surface area contributed by atoms with Gasteiger partial charge in [-0.05, 0) is 36.6 Å². The maximum atomic E-state index is 12.6. The molecule has 0 aliphatic carbocycles. The Morgan fingerprint density at radius 1 is 1.04 bits per heavy atom. The van der Waals surface area contributed by atoms with E-state index < -0.39 is 5.97 Å². The Morgan fingerprint density at radius 2 is 1.68 bits per heavy atom. The van der Waals surface area contributed by atoms with Crippen LogP contribution in [0.1, 0.15) is 42.9 Å². The summed E-state index contributed by atoms with van der Waals surface area (Å²) in [5, 5.41) is 11.9. The van der Waals surface area contributed by atoms with Gasteiger partial charge < -0.3 is 15.2 Å². The quantitative estimate of drug-likeness (QED) is 0.770. The summed E-state index contributed by atoms with van der Waals surface area (Å²) in [5.74, 6) is -0.621. The van der Waals surface area contributed by atoms with Crippen molar-refractivity contribution in [1.29, 1.82) is 0 Å². The van der Waals surface area contributed by atoms with Gasteiger partial charge in [0.2, 0.25) is 5.91 Å². The molecule has 0 aliphatic heterocycles. The predicted octanol–water partition coefficient (Wildman–Crippen LogP) is 3.52. The Balaban J connectivity index is 2.10. The minimum absolute atomic E-state index is 0.00322. The number of hydrogen-bond donors (Lipinski definition) is 2. The van der Waals surface area contributed by atoms with Gasteiger partial charge in [-0.2, -0.15) is 0 Å². The second kappa shape index (κ2) is 8.87. The van der Waals surface area contributed by atoms with Crippen LogP contribution >= 0.6 is 0 Å². The lowest BCUT2D eigenvalue weighted by Gasteiger charge is -2.21. The van der Waals surface area contributed by atoms with E-state index in [0.717, 1.165) is 16.9 Å². The number of hydrogen-bond acceptors (Lipinski definition) is 3. The Hall–Kier alpha value is -2.82. The van der Waals surface area contributed by atoms with Crippen molar-refractivity contribution in [3.05, 3.63) is 65.7 Å². The van der Waals surface area contributed by atoms with E-state index >= 15 is 0 Å². The van der Waals surface area contributed by atoms with Gasteiger partial charge in [-0.15, -0.1) is 0 Å². The number of nitrogens with one attached hydrogen (secondary N) is 1. The van der Waals surface area contributed by atoms with Gasteiger partial charge in [0.1, 0.15) is 5.75 Å². The van der Waals surface area contributed by atoms with E-state index in [-0.39, 0.29) is 24.3 Å². The molecule has 0 radical (unpaired) electrons. The Morgan fingerprint density at radius 3 is 2.24 bits per heavy atom. The van der Waals surface area contributed by atoms with E-state index in [1.54, 1.807) is 7.11 Å². The molecule has 0 aromatic heterocycles. The van der Waals surface area contributed by atoms with Crippen molar-refractivity contribution in [3.8, 4) is 5.75 Å². The number of amides is 1. The molecular formula is C20H23NO4. The molecule has 0 fully saturated rings. The zero-order valence-electron chi connectivity index (χ0n) is 14.4. The molecule has 2 rings (SSSR count). The fraction of sp³-hybridized carbons (Fsp3) is 0.300. The number of aliphatic carboxylic acids is 1. The van der Waals surface area contributed by atoms with Crippen LogP contribution in [0.5, 0.6) is 5.75 Å². The van der Waals surface area contributed by atoms with Crippen LogP contribution in [-0.4, -0.2) is 24.1 Å². The van der Waals surface area contributed by atoms with Crippen molar-refractivity contribution in [2.24, 2.45) is 0 Å². The van der Waals surface area contributed by atoms with Gasteiger partial charge in [-0.3, -0.25) is 9.59 Å². The number of benzene rings is 2. The number of methoxy groups -OCH3 is 1. The van der Waals surface area contributed by atoms with Crippen LogP contribution in [0.4, 0.5) is 0 Å². The zero-order chi connectivity index (χ0) is 18.2. The number of carboxylic acids is 1. The molecule has 2 atom stereocenters. The van der Waals surface area contributed by atoms with Crippen LogP contribution in [0, 0.1) is 0 Å². The molecule has 0 aliphatic rings. The molecule has 2 unspecified atom stereocenters. The smallest absolute Gasteiger partial charge is 0.303 e. The first-order chi connectivity index (χ1) is 12.0. The maximum absolute atomic E-state index is 12.6. The summed E-state index contributed by atoms with van der Waals surface area (Å²) in [6.45, 7) is 1.83.